The van der Waals surface area contributed by atoms with Gasteiger partial charge in [-0.15, -0.1) is 0 Å². The highest BCUT2D eigenvalue weighted by atomic mass is 35.5. The van der Waals surface area contributed by atoms with Crippen molar-refractivity contribution in [2.24, 2.45) is 5.16 Å². The predicted octanol–water partition coefficient (Wildman–Crippen LogP) is 5.00. The average Bonchev–Trinajstić information content (AvgIpc) is 3.01. The molecule has 4 rings (SSSR count). The van der Waals surface area contributed by atoms with Gasteiger partial charge in [0.2, 0.25) is 0 Å². The van der Waals surface area contributed by atoms with E-state index in [1.165, 1.54) is 0 Å². The average molecular weight is 416 g/mol. The van der Waals surface area contributed by atoms with E-state index < -0.39 is 11.5 Å². The Hall–Kier alpha value is -1.53. The molecule has 2 aromatic carbocycles. The molecule has 1 atom stereocenters. The highest BCUT2D eigenvalue weighted by Gasteiger charge is 2.41. The summed E-state index contributed by atoms with van der Waals surface area (Å²) in [5.41, 5.74) is 0.576. The first-order chi connectivity index (χ1) is 12.3. The molecule has 2 heterocycles. The smallest absolute Gasteiger partial charge is 0.301 e. The monoisotopic (exact) mass is 414 g/mol. The lowest BCUT2D eigenvalue weighted by atomic mass is 9.89. The van der Waals surface area contributed by atoms with Gasteiger partial charge < -0.3 is 14.9 Å². The molecule has 0 radical (unpaired) electrons. The summed E-state index contributed by atoms with van der Waals surface area (Å²) in [5, 5.41) is 7.80. The van der Waals surface area contributed by atoms with E-state index in [4.69, 9.17) is 44.4 Å². The van der Waals surface area contributed by atoms with Crippen LogP contribution >= 0.6 is 34.8 Å². The number of rotatable bonds is 3. The molecule has 8 heteroatoms. The number of alkyl halides is 1. The minimum Gasteiger partial charge on any atom is -0.426 e. The second kappa shape index (κ2) is 6.27. The molecule has 1 N–H and O–H groups in total. The molecule has 0 amide bonds. The maximum atomic E-state index is 14.4. The topological polar surface area (TPSA) is 42.8 Å². The molecule has 136 valence electrons. The van der Waals surface area contributed by atoms with E-state index in [1.54, 1.807) is 43.3 Å². The zero-order valence-electron chi connectivity index (χ0n) is 13.7. The van der Waals surface area contributed by atoms with Crippen LogP contribution in [0.2, 0.25) is 15.1 Å². The first kappa shape index (κ1) is 17.9. The number of hydrogen-bond acceptors (Lipinski definition) is 4. The summed E-state index contributed by atoms with van der Waals surface area (Å²) in [4.78, 5) is 5.49. The molecule has 1 unspecified atom stereocenters. The summed E-state index contributed by atoms with van der Waals surface area (Å²) in [7, 11) is 0. The van der Waals surface area contributed by atoms with E-state index in [1.807, 2.05) is 0 Å². The Morgan fingerprint density at radius 1 is 1.04 bits per heavy atom. The fourth-order valence-corrected chi connectivity index (χ4v) is 3.45. The van der Waals surface area contributed by atoms with Gasteiger partial charge in [0, 0.05) is 31.1 Å². The summed E-state index contributed by atoms with van der Waals surface area (Å²) < 4.78 is 20.3. The molecular weight excluding hydrogens is 402 g/mol. The van der Waals surface area contributed by atoms with Gasteiger partial charge >= 0.3 is 5.79 Å². The van der Waals surface area contributed by atoms with E-state index in [0.29, 0.717) is 45.7 Å². The SMILES string of the molecule is CC1(c2cc(Cl)c(Cl)c(Cl)c2)ON=C(c2ccc(C3(F)CNC3)cc2)O1. The molecule has 0 spiro atoms. The van der Waals surface area contributed by atoms with Crippen LogP contribution in [0, 0.1) is 0 Å². The molecule has 26 heavy (non-hydrogen) atoms. The van der Waals surface area contributed by atoms with Crippen molar-refractivity contribution in [1.29, 1.82) is 0 Å². The maximum Gasteiger partial charge on any atom is 0.301 e. The van der Waals surface area contributed by atoms with E-state index in [-0.39, 0.29) is 5.02 Å². The van der Waals surface area contributed by atoms with Gasteiger partial charge in [0.15, 0.2) is 5.67 Å². The number of halogens is 4. The lowest BCUT2D eigenvalue weighted by Gasteiger charge is -2.35. The van der Waals surface area contributed by atoms with Crippen LogP contribution in [0.5, 0.6) is 0 Å². The Bertz CT molecular complexity index is 877. The second-order valence-electron chi connectivity index (χ2n) is 6.44. The van der Waals surface area contributed by atoms with Crippen LogP contribution in [0.15, 0.2) is 41.6 Å². The molecule has 2 aliphatic heterocycles. The molecule has 0 aliphatic carbocycles. The third-order valence-electron chi connectivity index (χ3n) is 4.56. The van der Waals surface area contributed by atoms with Crippen molar-refractivity contribution in [3.63, 3.8) is 0 Å². The van der Waals surface area contributed by atoms with Gasteiger partial charge in [0.25, 0.3) is 5.90 Å². The quantitative estimate of drug-likeness (QED) is 0.718. The number of ether oxygens (including phenoxy) is 1. The molecule has 2 aliphatic rings. The van der Waals surface area contributed by atoms with Crippen LogP contribution in [0.25, 0.3) is 0 Å². The standard InChI is InChI=1S/C18H14Cl3FN2O2/c1-17(12-6-13(19)15(21)14(20)7-12)25-16(24-26-17)10-2-4-11(5-3-10)18(22)8-23-9-18/h2-7,23H,8-9H2,1H3. The predicted molar refractivity (Wildman–Crippen MR) is 99.6 cm³/mol. The number of oxime groups is 1. The Morgan fingerprint density at radius 2 is 1.65 bits per heavy atom. The molecule has 1 fully saturated rings. The van der Waals surface area contributed by atoms with E-state index in [2.05, 4.69) is 10.5 Å². The molecular formula is C18H14Cl3FN2O2. The normalized spacial score (nSPS) is 23.7. The highest BCUT2D eigenvalue weighted by Crippen LogP contribution is 2.39. The Labute approximate surface area is 164 Å². The van der Waals surface area contributed by atoms with Crippen molar-refractivity contribution in [2.75, 3.05) is 13.1 Å². The van der Waals surface area contributed by atoms with E-state index >= 15 is 0 Å². The number of nitrogens with one attached hydrogen (secondary N) is 1. The second-order valence-corrected chi connectivity index (χ2v) is 7.63. The van der Waals surface area contributed by atoms with Crippen molar-refractivity contribution in [2.45, 2.75) is 18.4 Å². The molecule has 0 aromatic heterocycles. The summed E-state index contributed by atoms with van der Waals surface area (Å²) in [5.74, 6) is -0.897. The lowest BCUT2D eigenvalue weighted by molar-refractivity contribution is -0.152. The minimum absolute atomic E-state index is 0.265. The van der Waals surface area contributed by atoms with Crippen LogP contribution in [0.4, 0.5) is 4.39 Å². The third-order valence-corrected chi connectivity index (χ3v) is 5.76. The van der Waals surface area contributed by atoms with E-state index in [0.717, 1.165) is 0 Å². The zero-order chi connectivity index (χ0) is 18.5. The first-order valence-corrected chi connectivity index (χ1v) is 9.05. The van der Waals surface area contributed by atoms with Crippen LogP contribution in [-0.2, 0) is 21.0 Å². The summed E-state index contributed by atoms with van der Waals surface area (Å²) in [6.45, 7) is 2.34. The Balaban J connectivity index is 1.56. The van der Waals surface area contributed by atoms with Gasteiger partial charge in [-0.3, -0.25) is 0 Å². The van der Waals surface area contributed by atoms with Gasteiger partial charge in [-0.25, -0.2) is 4.39 Å². The fraction of sp³-hybridized carbons (Fsp3) is 0.278. The first-order valence-electron chi connectivity index (χ1n) is 7.91. The Morgan fingerprint density at radius 3 is 2.19 bits per heavy atom. The number of benzene rings is 2. The largest absolute Gasteiger partial charge is 0.426 e. The number of hydrogen-bond donors (Lipinski definition) is 1. The molecule has 2 aromatic rings. The molecule has 1 saturated heterocycles. The maximum absolute atomic E-state index is 14.4. The van der Waals surface area contributed by atoms with E-state index in [9.17, 15) is 4.39 Å². The number of nitrogens with zero attached hydrogens (tertiary/aromatic N) is 1. The van der Waals surface area contributed by atoms with Crippen molar-refractivity contribution < 1.29 is 14.0 Å². The van der Waals surface area contributed by atoms with Crippen molar-refractivity contribution in [1.82, 2.24) is 5.32 Å². The fourth-order valence-electron chi connectivity index (χ4n) is 2.85. The Kier molecular flexibility index (Phi) is 4.31. The lowest BCUT2D eigenvalue weighted by Crippen LogP contribution is -2.53. The third kappa shape index (κ3) is 2.93. The highest BCUT2D eigenvalue weighted by molar-refractivity contribution is 6.48. The van der Waals surface area contributed by atoms with Crippen LogP contribution in [0.3, 0.4) is 0 Å². The minimum atomic E-state index is -1.31. The molecule has 4 nitrogen and oxygen atoms in total. The zero-order valence-corrected chi connectivity index (χ0v) is 15.9. The van der Waals surface area contributed by atoms with Crippen molar-refractivity contribution >= 4 is 40.7 Å². The van der Waals surface area contributed by atoms with Gasteiger partial charge in [-0.2, -0.15) is 0 Å². The summed E-state index contributed by atoms with van der Waals surface area (Å²) in [6.07, 6.45) is 0. The van der Waals surface area contributed by atoms with Gasteiger partial charge in [-0.1, -0.05) is 46.9 Å². The van der Waals surface area contributed by atoms with Crippen LogP contribution in [0.1, 0.15) is 23.6 Å². The van der Waals surface area contributed by atoms with Crippen LogP contribution < -0.4 is 5.32 Å². The summed E-state index contributed by atoms with van der Waals surface area (Å²) in [6, 6.07) is 10.2. The van der Waals surface area contributed by atoms with Crippen molar-refractivity contribution in [3.8, 4) is 0 Å². The van der Waals surface area contributed by atoms with Crippen molar-refractivity contribution in [3.05, 3.63) is 68.2 Å². The van der Waals surface area contributed by atoms with Crippen LogP contribution in [-0.4, -0.2) is 19.0 Å². The van der Waals surface area contributed by atoms with Gasteiger partial charge in [-0.05, 0) is 35.0 Å². The molecule has 0 saturated carbocycles. The van der Waals surface area contributed by atoms with Gasteiger partial charge in [0.05, 0.1) is 15.1 Å². The molecule has 0 bridgehead atoms. The summed E-state index contributed by atoms with van der Waals surface area (Å²) >= 11 is 18.2. The van der Waals surface area contributed by atoms with Gasteiger partial charge in [0.1, 0.15) is 0 Å².